The number of benzene rings is 1. The zero-order valence-electron chi connectivity index (χ0n) is 22.9. The Balaban J connectivity index is 1.96. The van der Waals surface area contributed by atoms with Crippen LogP contribution < -0.4 is 4.74 Å². The van der Waals surface area contributed by atoms with E-state index < -0.39 is 20.0 Å². The third-order valence-electron chi connectivity index (χ3n) is 5.65. The van der Waals surface area contributed by atoms with Gasteiger partial charge in [-0.1, -0.05) is 61.9 Å². The summed E-state index contributed by atoms with van der Waals surface area (Å²) in [5.74, 6) is 0.270. The molecular formula is C28H40N2O6Si. The lowest BCUT2D eigenvalue weighted by Crippen LogP contribution is -2.54. The van der Waals surface area contributed by atoms with E-state index in [0.29, 0.717) is 25.5 Å². The van der Waals surface area contributed by atoms with E-state index in [2.05, 4.69) is 31.7 Å². The SMILES string of the molecule is CCCCOc1noc(CN(C)C)c1C(=O)[C@]1(OCOCc2ccccc2)C=CC=C[C@H]1O[Si](C)(C)C. The van der Waals surface area contributed by atoms with Crippen LogP contribution in [-0.2, 0) is 27.1 Å². The Bertz CT molecular complexity index is 1060. The van der Waals surface area contributed by atoms with E-state index in [-0.39, 0.29) is 24.0 Å². The Kier molecular flexibility index (Phi) is 10.4. The highest BCUT2D eigenvalue weighted by Crippen LogP contribution is 2.36. The van der Waals surface area contributed by atoms with Crippen LogP contribution in [0.15, 0.2) is 59.2 Å². The molecule has 1 aromatic carbocycles. The molecule has 0 aliphatic heterocycles. The molecule has 202 valence electrons. The quantitative estimate of drug-likeness (QED) is 0.132. The van der Waals surface area contributed by atoms with E-state index in [0.717, 1.165) is 18.4 Å². The number of unbranched alkanes of at least 4 members (excludes halogenated alkanes) is 1. The molecule has 0 radical (unpaired) electrons. The summed E-state index contributed by atoms with van der Waals surface area (Å²) in [4.78, 5) is 16.4. The van der Waals surface area contributed by atoms with Gasteiger partial charge in [0.25, 0.3) is 5.88 Å². The van der Waals surface area contributed by atoms with Gasteiger partial charge in [-0.15, -0.1) is 0 Å². The lowest BCUT2D eigenvalue weighted by Gasteiger charge is -2.39. The van der Waals surface area contributed by atoms with Crippen molar-refractivity contribution in [2.45, 2.75) is 64.3 Å². The second kappa shape index (κ2) is 13.3. The summed E-state index contributed by atoms with van der Waals surface area (Å²) in [5.41, 5.74) is -0.183. The Morgan fingerprint density at radius 1 is 1.16 bits per heavy atom. The van der Waals surface area contributed by atoms with Crippen LogP contribution in [0.5, 0.6) is 5.88 Å². The number of nitrogens with zero attached hydrogens (tertiary/aromatic N) is 2. The summed E-state index contributed by atoms with van der Waals surface area (Å²) in [6, 6.07) is 9.82. The van der Waals surface area contributed by atoms with Gasteiger partial charge in [0.05, 0.1) is 19.8 Å². The molecule has 0 bridgehead atoms. The Labute approximate surface area is 221 Å². The predicted octanol–water partition coefficient (Wildman–Crippen LogP) is 5.37. The second-order valence-corrected chi connectivity index (χ2v) is 14.8. The first kappa shape index (κ1) is 29.0. The lowest BCUT2D eigenvalue weighted by molar-refractivity contribution is -0.135. The van der Waals surface area contributed by atoms with Gasteiger partial charge in [-0.25, -0.2) is 0 Å². The Morgan fingerprint density at radius 2 is 1.92 bits per heavy atom. The molecule has 2 atom stereocenters. The minimum absolute atomic E-state index is 0.106. The van der Waals surface area contributed by atoms with Crippen LogP contribution in [-0.4, -0.2) is 63.4 Å². The normalized spacial score (nSPS) is 19.5. The number of rotatable bonds is 15. The predicted molar refractivity (Wildman–Crippen MR) is 145 cm³/mol. The number of carbonyl (C=O) groups is 1. The molecule has 0 saturated carbocycles. The summed E-state index contributed by atoms with van der Waals surface area (Å²) in [7, 11) is 1.72. The third-order valence-corrected chi connectivity index (χ3v) is 6.61. The monoisotopic (exact) mass is 528 g/mol. The molecule has 1 heterocycles. The molecule has 0 saturated heterocycles. The van der Waals surface area contributed by atoms with Crippen LogP contribution in [0.2, 0.25) is 19.6 Å². The van der Waals surface area contributed by atoms with Crippen molar-refractivity contribution in [3.8, 4) is 5.88 Å². The molecule has 0 spiro atoms. The number of aromatic nitrogens is 1. The van der Waals surface area contributed by atoms with Crippen molar-refractivity contribution < 1.29 is 28.0 Å². The van der Waals surface area contributed by atoms with Crippen LogP contribution in [0.4, 0.5) is 0 Å². The topological polar surface area (TPSA) is 83.3 Å². The van der Waals surface area contributed by atoms with Gasteiger partial charge in [0, 0.05) is 0 Å². The number of Topliss-reactive ketones (excluding diaryl/α,β-unsaturated/α-hetero) is 1. The molecule has 3 rings (SSSR count). The maximum absolute atomic E-state index is 14.5. The average Bonchev–Trinajstić information content (AvgIpc) is 3.23. The molecule has 0 amide bonds. The van der Waals surface area contributed by atoms with Crippen LogP contribution in [0.1, 0.15) is 41.4 Å². The van der Waals surface area contributed by atoms with Crippen molar-refractivity contribution >= 4 is 14.1 Å². The third kappa shape index (κ3) is 7.96. The lowest BCUT2D eigenvalue weighted by atomic mass is 9.84. The van der Waals surface area contributed by atoms with Gasteiger partial charge < -0.3 is 28.1 Å². The number of allylic oxidation sites excluding steroid dienone is 2. The Morgan fingerprint density at radius 3 is 2.59 bits per heavy atom. The van der Waals surface area contributed by atoms with E-state index in [1.54, 1.807) is 12.2 Å². The summed E-state index contributed by atoms with van der Waals surface area (Å²) in [6.07, 6.45) is 8.42. The number of ether oxygens (including phenoxy) is 3. The van der Waals surface area contributed by atoms with Crippen molar-refractivity contribution in [1.29, 1.82) is 0 Å². The maximum atomic E-state index is 14.5. The van der Waals surface area contributed by atoms with Gasteiger partial charge in [0.1, 0.15) is 18.5 Å². The molecular weight excluding hydrogens is 488 g/mol. The fourth-order valence-corrected chi connectivity index (χ4v) is 4.93. The van der Waals surface area contributed by atoms with Gasteiger partial charge in [0.15, 0.2) is 19.7 Å². The largest absolute Gasteiger partial charge is 0.475 e. The number of ketones is 1. The van der Waals surface area contributed by atoms with Crippen molar-refractivity contribution in [2.24, 2.45) is 0 Å². The maximum Gasteiger partial charge on any atom is 0.265 e. The van der Waals surface area contributed by atoms with Crippen molar-refractivity contribution in [3.63, 3.8) is 0 Å². The van der Waals surface area contributed by atoms with E-state index in [9.17, 15) is 4.79 Å². The molecule has 0 N–H and O–H groups in total. The van der Waals surface area contributed by atoms with Gasteiger partial charge in [-0.05, 0) is 57.0 Å². The minimum atomic E-state index is -2.08. The summed E-state index contributed by atoms with van der Waals surface area (Å²) in [6.45, 7) is 9.38. The van der Waals surface area contributed by atoms with Gasteiger partial charge in [0.2, 0.25) is 5.78 Å². The summed E-state index contributed by atoms with van der Waals surface area (Å²) >= 11 is 0. The second-order valence-electron chi connectivity index (χ2n) is 10.3. The number of hydrogen-bond acceptors (Lipinski definition) is 8. The van der Waals surface area contributed by atoms with E-state index in [4.69, 9.17) is 23.2 Å². The summed E-state index contributed by atoms with van der Waals surface area (Å²) in [5, 5.41) is 4.12. The molecule has 1 aromatic heterocycles. The average molecular weight is 529 g/mol. The van der Waals surface area contributed by atoms with E-state index in [1.807, 2.05) is 61.5 Å². The van der Waals surface area contributed by atoms with Crippen LogP contribution in [0.3, 0.4) is 0 Å². The molecule has 2 aromatic rings. The first-order valence-electron chi connectivity index (χ1n) is 12.8. The van der Waals surface area contributed by atoms with Gasteiger partial charge >= 0.3 is 0 Å². The van der Waals surface area contributed by atoms with Crippen LogP contribution >= 0.6 is 0 Å². The zero-order valence-corrected chi connectivity index (χ0v) is 23.9. The van der Waals surface area contributed by atoms with Crippen molar-refractivity contribution in [3.05, 3.63) is 71.5 Å². The first-order valence-corrected chi connectivity index (χ1v) is 16.2. The fraction of sp³-hybridized carbons (Fsp3) is 0.500. The van der Waals surface area contributed by atoms with Crippen LogP contribution in [0, 0.1) is 0 Å². The highest BCUT2D eigenvalue weighted by Gasteiger charge is 2.50. The molecule has 0 unspecified atom stereocenters. The summed E-state index contributed by atoms with van der Waals surface area (Å²) < 4.78 is 30.2. The highest BCUT2D eigenvalue weighted by molar-refractivity contribution is 6.69. The molecule has 1 aliphatic rings. The first-order chi connectivity index (χ1) is 17.7. The smallest absolute Gasteiger partial charge is 0.265 e. The minimum Gasteiger partial charge on any atom is -0.475 e. The van der Waals surface area contributed by atoms with Gasteiger partial charge in [-0.2, -0.15) is 0 Å². The molecule has 8 nitrogen and oxygen atoms in total. The molecule has 1 aliphatic carbocycles. The van der Waals surface area contributed by atoms with Crippen LogP contribution in [0.25, 0.3) is 0 Å². The van der Waals surface area contributed by atoms with E-state index >= 15 is 0 Å². The number of carbonyl (C=O) groups excluding carboxylic acids is 1. The van der Waals surface area contributed by atoms with Gasteiger partial charge in [-0.3, -0.25) is 4.79 Å². The fourth-order valence-electron chi connectivity index (χ4n) is 3.92. The molecule has 9 heteroatoms. The van der Waals surface area contributed by atoms with Crippen molar-refractivity contribution in [1.82, 2.24) is 10.1 Å². The molecule has 37 heavy (non-hydrogen) atoms. The Hall–Kier alpha value is -2.56. The van der Waals surface area contributed by atoms with E-state index in [1.165, 1.54) is 0 Å². The zero-order chi connectivity index (χ0) is 26.9. The number of hydrogen-bond donors (Lipinski definition) is 0. The highest BCUT2D eigenvalue weighted by atomic mass is 28.4. The van der Waals surface area contributed by atoms with Crippen molar-refractivity contribution in [2.75, 3.05) is 27.5 Å². The standard InChI is InChI=1S/C28H40N2O6Si/c1-7-8-18-33-27-25(23(35-29-27)19-30(2)3)26(31)28(17-13-12-16-24(28)36-37(4,5)6)34-21-32-20-22-14-10-9-11-15-22/h9-17,24H,7-8,18-21H2,1-6H3/t24-,28+/m1/s1. The molecule has 0 fully saturated rings.